The van der Waals surface area contributed by atoms with Gasteiger partial charge in [-0.1, -0.05) is 12.1 Å². The molecule has 0 spiro atoms. The van der Waals surface area contributed by atoms with Crippen LogP contribution in [0.25, 0.3) is 16.7 Å². The van der Waals surface area contributed by atoms with Crippen molar-refractivity contribution in [3.63, 3.8) is 0 Å². The van der Waals surface area contributed by atoms with Crippen LogP contribution >= 0.6 is 0 Å². The van der Waals surface area contributed by atoms with Gasteiger partial charge in [0.25, 0.3) is 0 Å². The average molecular weight is 335 g/mol. The summed E-state index contributed by atoms with van der Waals surface area (Å²) in [5.74, 6) is 0.238. The van der Waals surface area contributed by atoms with Gasteiger partial charge in [0.15, 0.2) is 17.6 Å². The number of hydrogen-bond acceptors (Lipinski definition) is 5. The van der Waals surface area contributed by atoms with Gasteiger partial charge in [-0.3, -0.25) is 0 Å². The number of benzene rings is 1. The molecule has 7 heteroatoms. The van der Waals surface area contributed by atoms with Crippen LogP contribution in [0.15, 0.2) is 42.7 Å². The quantitative estimate of drug-likeness (QED) is 0.538. The van der Waals surface area contributed by atoms with E-state index in [9.17, 15) is 4.79 Å². The molecule has 126 valence electrons. The van der Waals surface area contributed by atoms with Gasteiger partial charge in [-0.2, -0.15) is 5.10 Å². The minimum absolute atomic E-state index is 0.381. The minimum atomic E-state index is -0.497. The summed E-state index contributed by atoms with van der Waals surface area (Å²) in [6, 6.07) is 9.57. The first kappa shape index (κ1) is 15.3. The number of imidazole rings is 1. The number of rotatable bonds is 3. The van der Waals surface area contributed by atoms with Crippen molar-refractivity contribution in [3.05, 3.63) is 59.8 Å². The summed E-state index contributed by atoms with van der Waals surface area (Å²) in [6.45, 7) is 3.58. The van der Waals surface area contributed by atoms with Crippen molar-refractivity contribution in [2.75, 3.05) is 0 Å². The minimum Gasteiger partial charge on any atom is -0.451 e. The van der Waals surface area contributed by atoms with E-state index in [1.165, 1.54) is 0 Å². The third kappa shape index (κ3) is 2.44. The molecule has 0 saturated heterocycles. The molecule has 4 rings (SSSR count). The molecule has 3 aromatic heterocycles. The van der Waals surface area contributed by atoms with Gasteiger partial charge < -0.3 is 9.30 Å². The number of aryl methyl sites for hydroxylation is 2. The first-order chi connectivity index (χ1) is 12.1. The first-order valence-corrected chi connectivity index (χ1v) is 7.98. The van der Waals surface area contributed by atoms with Gasteiger partial charge in [0.2, 0.25) is 0 Å². The van der Waals surface area contributed by atoms with Crippen LogP contribution in [-0.2, 0) is 11.8 Å². The Morgan fingerprint density at radius 1 is 1.24 bits per heavy atom. The second-order valence-corrected chi connectivity index (χ2v) is 5.91. The summed E-state index contributed by atoms with van der Waals surface area (Å²) in [7, 11) is 1.91. The lowest BCUT2D eigenvalue weighted by molar-refractivity contribution is 0.0316. The Balaban J connectivity index is 1.67. The Kier molecular flexibility index (Phi) is 3.49. The van der Waals surface area contributed by atoms with E-state index >= 15 is 0 Å². The molecule has 0 unspecified atom stereocenters. The van der Waals surface area contributed by atoms with E-state index in [1.54, 1.807) is 29.9 Å². The zero-order chi connectivity index (χ0) is 17.6. The lowest BCUT2D eigenvalue weighted by atomic mass is 10.2. The molecule has 0 amide bonds. The molecular weight excluding hydrogens is 318 g/mol. The fourth-order valence-corrected chi connectivity index (χ4v) is 3.04. The van der Waals surface area contributed by atoms with Gasteiger partial charge in [0, 0.05) is 19.4 Å². The van der Waals surface area contributed by atoms with Crippen LogP contribution in [0.1, 0.15) is 34.9 Å². The van der Waals surface area contributed by atoms with Crippen LogP contribution in [0, 0.1) is 6.92 Å². The highest BCUT2D eigenvalue weighted by Crippen LogP contribution is 2.24. The second-order valence-electron chi connectivity index (χ2n) is 5.91. The third-order valence-corrected chi connectivity index (χ3v) is 4.24. The van der Waals surface area contributed by atoms with Gasteiger partial charge in [-0.25, -0.2) is 19.3 Å². The summed E-state index contributed by atoms with van der Waals surface area (Å²) in [5, 5.41) is 4.30. The molecule has 0 radical (unpaired) electrons. The zero-order valence-electron chi connectivity index (χ0n) is 14.2. The molecule has 1 aromatic carbocycles. The molecule has 3 heterocycles. The van der Waals surface area contributed by atoms with E-state index in [0.29, 0.717) is 22.7 Å². The Morgan fingerprint density at radius 3 is 2.84 bits per heavy atom. The summed E-state index contributed by atoms with van der Waals surface area (Å²) < 4.78 is 9.18. The van der Waals surface area contributed by atoms with Crippen molar-refractivity contribution < 1.29 is 9.53 Å². The standard InChI is InChI=1S/C18H17N5O2/c1-11-15(17-19-9-6-10-23(17)21-11)18(24)25-12(2)16-20-13-7-4-5-8-14(13)22(16)3/h4-10,12H,1-3H3/t12-/m1/s1. The molecule has 0 aliphatic carbocycles. The first-order valence-electron chi connectivity index (χ1n) is 7.98. The van der Waals surface area contributed by atoms with Crippen LogP contribution in [0.4, 0.5) is 0 Å². The van der Waals surface area contributed by atoms with Gasteiger partial charge in [0.1, 0.15) is 5.56 Å². The summed E-state index contributed by atoms with van der Waals surface area (Å²) in [5.41, 5.74) is 3.32. The molecule has 7 nitrogen and oxygen atoms in total. The molecule has 0 bridgehead atoms. The van der Waals surface area contributed by atoms with Crippen molar-refractivity contribution in [1.82, 2.24) is 24.1 Å². The Hall–Kier alpha value is -3.22. The molecule has 0 aliphatic heterocycles. The number of ether oxygens (including phenoxy) is 1. The molecule has 1 atom stereocenters. The highest BCUT2D eigenvalue weighted by molar-refractivity contribution is 5.97. The maximum atomic E-state index is 12.7. The molecule has 0 N–H and O–H groups in total. The van der Waals surface area contributed by atoms with Gasteiger partial charge >= 0.3 is 5.97 Å². The molecule has 0 saturated carbocycles. The monoisotopic (exact) mass is 335 g/mol. The van der Waals surface area contributed by atoms with Gasteiger partial charge in [0.05, 0.1) is 16.7 Å². The summed E-state index contributed by atoms with van der Waals surface area (Å²) in [6.07, 6.45) is 2.88. The Bertz CT molecular complexity index is 1100. The maximum absolute atomic E-state index is 12.7. The van der Waals surface area contributed by atoms with Gasteiger partial charge in [-0.15, -0.1) is 0 Å². The fourth-order valence-electron chi connectivity index (χ4n) is 3.04. The molecule has 25 heavy (non-hydrogen) atoms. The second kappa shape index (κ2) is 5.70. The number of nitrogens with zero attached hydrogens (tertiary/aromatic N) is 5. The van der Waals surface area contributed by atoms with Crippen molar-refractivity contribution in [2.45, 2.75) is 20.0 Å². The largest absolute Gasteiger partial charge is 0.451 e. The molecular formula is C18H17N5O2. The molecule has 0 fully saturated rings. The van der Waals surface area contributed by atoms with E-state index in [1.807, 2.05) is 42.8 Å². The van der Waals surface area contributed by atoms with E-state index in [0.717, 1.165) is 11.0 Å². The average Bonchev–Trinajstić information content (AvgIpc) is 3.11. The lowest BCUT2D eigenvalue weighted by Crippen LogP contribution is -2.13. The van der Waals surface area contributed by atoms with E-state index in [-0.39, 0.29) is 0 Å². The number of hydrogen-bond donors (Lipinski definition) is 0. The third-order valence-electron chi connectivity index (χ3n) is 4.24. The number of aromatic nitrogens is 5. The summed E-state index contributed by atoms with van der Waals surface area (Å²) >= 11 is 0. The van der Waals surface area contributed by atoms with Gasteiger partial charge in [-0.05, 0) is 32.0 Å². The maximum Gasteiger partial charge on any atom is 0.344 e. The number of esters is 1. The van der Waals surface area contributed by atoms with Crippen LogP contribution < -0.4 is 0 Å². The van der Waals surface area contributed by atoms with E-state index < -0.39 is 12.1 Å². The normalized spacial score (nSPS) is 12.6. The van der Waals surface area contributed by atoms with E-state index in [2.05, 4.69) is 15.1 Å². The fraction of sp³-hybridized carbons (Fsp3) is 0.222. The predicted octanol–water partition coefficient (Wildman–Crippen LogP) is 2.84. The number of fused-ring (bicyclic) bond motifs is 2. The Labute approximate surface area is 143 Å². The molecule has 0 aliphatic rings. The molecule has 4 aromatic rings. The smallest absolute Gasteiger partial charge is 0.344 e. The predicted molar refractivity (Wildman–Crippen MR) is 92.3 cm³/mol. The number of para-hydroxylation sites is 2. The van der Waals surface area contributed by atoms with Crippen molar-refractivity contribution in [2.24, 2.45) is 7.05 Å². The number of carbonyl (C=O) groups is 1. The SMILES string of the molecule is Cc1nn2cccnc2c1C(=O)O[C@H](C)c1nc2ccccc2n1C. The van der Waals surface area contributed by atoms with Crippen LogP contribution in [0.2, 0.25) is 0 Å². The Morgan fingerprint density at radius 2 is 2.04 bits per heavy atom. The zero-order valence-corrected chi connectivity index (χ0v) is 14.2. The van der Waals surface area contributed by atoms with Crippen LogP contribution in [0.5, 0.6) is 0 Å². The topological polar surface area (TPSA) is 74.3 Å². The highest BCUT2D eigenvalue weighted by atomic mass is 16.5. The van der Waals surface area contributed by atoms with Crippen molar-refractivity contribution in [3.8, 4) is 0 Å². The number of carbonyl (C=O) groups excluding carboxylic acids is 1. The van der Waals surface area contributed by atoms with Crippen molar-refractivity contribution in [1.29, 1.82) is 0 Å². The highest BCUT2D eigenvalue weighted by Gasteiger charge is 2.24. The van der Waals surface area contributed by atoms with Crippen LogP contribution in [-0.4, -0.2) is 30.1 Å². The van der Waals surface area contributed by atoms with Crippen LogP contribution in [0.3, 0.4) is 0 Å². The lowest BCUT2D eigenvalue weighted by Gasteiger charge is -2.13. The van der Waals surface area contributed by atoms with E-state index in [4.69, 9.17) is 4.74 Å². The van der Waals surface area contributed by atoms with Crippen molar-refractivity contribution >= 4 is 22.6 Å². The summed E-state index contributed by atoms with van der Waals surface area (Å²) in [4.78, 5) is 21.5.